The molecule has 2 aliphatic heterocycles. The molecule has 2 saturated heterocycles. The van der Waals surface area contributed by atoms with E-state index in [1.54, 1.807) is 0 Å². The minimum Gasteiger partial charge on any atom is -0.341 e. The molecule has 2 fully saturated rings. The molecule has 2 aliphatic rings. The molecule has 0 saturated carbocycles. The largest absolute Gasteiger partial charge is 0.341 e. The van der Waals surface area contributed by atoms with Gasteiger partial charge in [0.15, 0.2) is 0 Å². The summed E-state index contributed by atoms with van der Waals surface area (Å²) in [5.74, 6) is 0.428. The van der Waals surface area contributed by atoms with Crippen molar-refractivity contribution < 1.29 is 13.2 Å². The van der Waals surface area contributed by atoms with E-state index in [0.29, 0.717) is 19.1 Å². The first kappa shape index (κ1) is 23.9. The van der Waals surface area contributed by atoms with Gasteiger partial charge in [-0.05, 0) is 51.7 Å². The number of piperidine rings is 2. The Labute approximate surface area is 158 Å². The molecular weight excluding hydrogens is 373 g/mol. The van der Waals surface area contributed by atoms with Crippen molar-refractivity contribution >= 4 is 40.6 Å². The highest BCUT2D eigenvalue weighted by molar-refractivity contribution is 7.90. The van der Waals surface area contributed by atoms with Gasteiger partial charge in [-0.15, -0.1) is 24.8 Å². The highest BCUT2D eigenvalue weighted by Gasteiger charge is 2.28. The van der Waals surface area contributed by atoms with Crippen LogP contribution in [0.1, 0.15) is 25.7 Å². The molecule has 6 nitrogen and oxygen atoms in total. The fourth-order valence-electron chi connectivity index (χ4n) is 3.55. The Kier molecular flexibility index (Phi) is 10.8. The minimum atomic E-state index is -2.97. The summed E-state index contributed by atoms with van der Waals surface area (Å²) in [4.78, 5) is 16.5. The SMILES string of the molecule is CN(CC(=O)N1CCCC(CS(C)(=O)=O)C1)C1CCNCC1.Cl.Cl. The molecule has 24 heavy (non-hydrogen) atoms. The molecule has 0 spiro atoms. The van der Waals surface area contributed by atoms with Gasteiger partial charge in [-0.1, -0.05) is 0 Å². The molecule has 0 aromatic rings. The third-order valence-corrected chi connectivity index (χ3v) is 5.80. The van der Waals surface area contributed by atoms with E-state index in [1.807, 2.05) is 11.9 Å². The molecule has 0 aliphatic carbocycles. The number of rotatable bonds is 5. The van der Waals surface area contributed by atoms with Gasteiger partial charge in [-0.2, -0.15) is 0 Å². The summed E-state index contributed by atoms with van der Waals surface area (Å²) in [6.45, 7) is 3.83. The van der Waals surface area contributed by atoms with Crippen LogP contribution in [0.3, 0.4) is 0 Å². The lowest BCUT2D eigenvalue weighted by Crippen LogP contribution is -2.49. The monoisotopic (exact) mass is 403 g/mol. The zero-order valence-corrected chi connectivity index (χ0v) is 17.0. The van der Waals surface area contributed by atoms with Crippen LogP contribution in [0, 0.1) is 5.92 Å². The van der Waals surface area contributed by atoms with E-state index < -0.39 is 9.84 Å². The van der Waals surface area contributed by atoms with E-state index in [0.717, 1.165) is 45.3 Å². The van der Waals surface area contributed by atoms with Crippen molar-refractivity contribution in [1.82, 2.24) is 15.1 Å². The minimum absolute atomic E-state index is 0. The maximum atomic E-state index is 12.5. The zero-order valence-electron chi connectivity index (χ0n) is 14.6. The van der Waals surface area contributed by atoms with E-state index in [1.165, 1.54) is 6.26 Å². The molecule has 1 unspecified atom stereocenters. The van der Waals surface area contributed by atoms with Gasteiger partial charge in [0, 0.05) is 25.4 Å². The van der Waals surface area contributed by atoms with Crippen LogP contribution in [0.15, 0.2) is 0 Å². The number of halogens is 2. The van der Waals surface area contributed by atoms with Gasteiger partial charge in [0.25, 0.3) is 0 Å². The Bertz CT molecular complexity index is 484. The molecule has 0 aromatic carbocycles. The van der Waals surface area contributed by atoms with E-state index in [-0.39, 0.29) is 42.4 Å². The first-order valence-electron chi connectivity index (χ1n) is 8.21. The molecule has 1 atom stereocenters. The van der Waals surface area contributed by atoms with Gasteiger partial charge >= 0.3 is 0 Å². The fraction of sp³-hybridized carbons (Fsp3) is 0.933. The van der Waals surface area contributed by atoms with Crippen molar-refractivity contribution in [1.29, 1.82) is 0 Å². The summed E-state index contributed by atoms with van der Waals surface area (Å²) in [5, 5.41) is 3.33. The average Bonchev–Trinajstić information content (AvgIpc) is 2.46. The van der Waals surface area contributed by atoms with E-state index in [2.05, 4.69) is 10.2 Å². The van der Waals surface area contributed by atoms with Crippen LogP contribution in [0.2, 0.25) is 0 Å². The number of nitrogens with zero attached hydrogens (tertiary/aromatic N) is 2. The second-order valence-corrected chi connectivity index (χ2v) is 9.02. The number of likely N-dealkylation sites (tertiary alicyclic amines) is 1. The van der Waals surface area contributed by atoms with Gasteiger partial charge in [0.2, 0.25) is 5.91 Å². The Balaban J connectivity index is 0.00000264. The standard InChI is InChI=1S/C15H29N3O3S.2ClH/c1-17(14-5-7-16-8-6-14)11-15(19)18-9-3-4-13(10-18)12-22(2,20)21;;/h13-14,16H,3-12H2,1-2H3;2*1H. The van der Waals surface area contributed by atoms with E-state index >= 15 is 0 Å². The fourth-order valence-corrected chi connectivity index (χ4v) is 4.67. The lowest BCUT2D eigenvalue weighted by atomic mass is 10.00. The van der Waals surface area contributed by atoms with Crippen LogP contribution < -0.4 is 5.32 Å². The quantitative estimate of drug-likeness (QED) is 0.734. The van der Waals surface area contributed by atoms with Crippen molar-refractivity contribution in [3.63, 3.8) is 0 Å². The maximum absolute atomic E-state index is 12.5. The second-order valence-electron chi connectivity index (χ2n) is 6.84. The van der Waals surface area contributed by atoms with Gasteiger partial charge in [0.05, 0.1) is 12.3 Å². The number of nitrogens with one attached hydrogen (secondary N) is 1. The van der Waals surface area contributed by atoms with Crippen molar-refractivity contribution in [3.05, 3.63) is 0 Å². The van der Waals surface area contributed by atoms with Crippen LogP contribution in [0.5, 0.6) is 0 Å². The first-order chi connectivity index (χ1) is 10.3. The normalized spacial score (nSPS) is 22.6. The lowest BCUT2D eigenvalue weighted by Gasteiger charge is -2.36. The summed E-state index contributed by atoms with van der Waals surface area (Å²) in [6, 6.07) is 0.474. The van der Waals surface area contributed by atoms with Crippen molar-refractivity contribution in [2.45, 2.75) is 31.7 Å². The van der Waals surface area contributed by atoms with Crippen molar-refractivity contribution in [3.8, 4) is 0 Å². The molecule has 1 N–H and O–H groups in total. The Morgan fingerprint density at radius 3 is 2.42 bits per heavy atom. The van der Waals surface area contributed by atoms with Gasteiger partial charge < -0.3 is 10.2 Å². The van der Waals surface area contributed by atoms with Crippen molar-refractivity contribution in [2.24, 2.45) is 5.92 Å². The van der Waals surface area contributed by atoms with Crippen LogP contribution in [0.4, 0.5) is 0 Å². The summed E-state index contributed by atoms with van der Waals surface area (Å²) in [5.41, 5.74) is 0. The number of likely N-dealkylation sites (N-methyl/N-ethyl adjacent to an activating group) is 1. The van der Waals surface area contributed by atoms with Crippen LogP contribution in [-0.4, -0.2) is 81.9 Å². The van der Waals surface area contributed by atoms with Gasteiger partial charge in [0.1, 0.15) is 9.84 Å². The summed E-state index contributed by atoms with van der Waals surface area (Å²) < 4.78 is 22.9. The number of hydrogen-bond donors (Lipinski definition) is 1. The molecule has 1 amide bonds. The molecule has 144 valence electrons. The average molecular weight is 404 g/mol. The molecule has 2 heterocycles. The molecule has 0 radical (unpaired) electrons. The predicted octanol–water partition coefficient (Wildman–Crippen LogP) is 0.797. The second kappa shape index (κ2) is 10.8. The highest BCUT2D eigenvalue weighted by atomic mass is 35.5. The number of hydrogen-bond acceptors (Lipinski definition) is 5. The third-order valence-electron chi connectivity index (χ3n) is 4.73. The molecule has 9 heteroatoms. The predicted molar refractivity (Wildman–Crippen MR) is 102 cm³/mol. The first-order valence-corrected chi connectivity index (χ1v) is 10.3. The summed E-state index contributed by atoms with van der Waals surface area (Å²) >= 11 is 0. The van der Waals surface area contributed by atoms with E-state index in [4.69, 9.17) is 0 Å². The highest BCUT2D eigenvalue weighted by Crippen LogP contribution is 2.19. The third kappa shape index (κ3) is 7.87. The number of carbonyl (C=O) groups is 1. The topological polar surface area (TPSA) is 69.7 Å². The summed E-state index contributed by atoms with van der Waals surface area (Å²) in [6.07, 6.45) is 5.25. The molecule has 2 rings (SSSR count). The summed E-state index contributed by atoms with van der Waals surface area (Å²) in [7, 11) is -0.949. The van der Waals surface area contributed by atoms with Crippen LogP contribution in [0.25, 0.3) is 0 Å². The molecule has 0 bridgehead atoms. The number of sulfone groups is 1. The molecule has 0 aromatic heterocycles. The maximum Gasteiger partial charge on any atom is 0.236 e. The van der Waals surface area contributed by atoms with Gasteiger partial charge in [-0.25, -0.2) is 8.42 Å². The van der Waals surface area contributed by atoms with Crippen molar-refractivity contribution in [2.75, 3.05) is 51.8 Å². The van der Waals surface area contributed by atoms with Crippen LogP contribution in [-0.2, 0) is 14.6 Å². The molecular formula is C15H31Cl2N3O3S. The zero-order chi connectivity index (χ0) is 16.2. The lowest BCUT2D eigenvalue weighted by molar-refractivity contribution is -0.134. The van der Waals surface area contributed by atoms with Crippen LogP contribution >= 0.6 is 24.8 Å². The smallest absolute Gasteiger partial charge is 0.236 e. The van der Waals surface area contributed by atoms with E-state index in [9.17, 15) is 13.2 Å². The number of amides is 1. The van der Waals surface area contributed by atoms with Gasteiger partial charge in [-0.3, -0.25) is 9.69 Å². The number of carbonyl (C=O) groups excluding carboxylic acids is 1. The Morgan fingerprint density at radius 1 is 1.21 bits per heavy atom. The Morgan fingerprint density at radius 2 is 1.83 bits per heavy atom. The Hall–Kier alpha value is -0.0800.